The molecule has 0 aromatic heterocycles. The number of hydrogen-bond donors (Lipinski definition) is 1. The highest BCUT2D eigenvalue weighted by atomic mass is 19.4. The number of amides is 1. The normalized spacial score (nSPS) is 11.4. The van der Waals surface area contributed by atoms with E-state index in [4.69, 9.17) is 4.74 Å². The highest BCUT2D eigenvalue weighted by Crippen LogP contribution is 2.28. The molecular formula is C18H15F3N2O4. The highest BCUT2D eigenvalue weighted by molar-refractivity contribution is 6.03. The van der Waals surface area contributed by atoms with Crippen LogP contribution in [-0.2, 0) is 4.79 Å². The maximum Gasteiger partial charge on any atom is 0.422 e. The fraction of sp³-hybridized carbons (Fsp3) is 0.167. The summed E-state index contributed by atoms with van der Waals surface area (Å²) in [6, 6.07) is 10.2. The summed E-state index contributed by atoms with van der Waals surface area (Å²) in [7, 11) is 0. The number of anilines is 1. The van der Waals surface area contributed by atoms with Gasteiger partial charge in [-0.15, -0.1) is 0 Å². The number of nitrogens with one attached hydrogen (secondary N) is 1. The molecule has 2 aromatic carbocycles. The topological polar surface area (TPSA) is 81.5 Å². The van der Waals surface area contributed by atoms with Crippen molar-refractivity contribution in [1.82, 2.24) is 0 Å². The molecule has 0 unspecified atom stereocenters. The Morgan fingerprint density at radius 3 is 2.63 bits per heavy atom. The number of aryl methyl sites for hydroxylation is 1. The van der Waals surface area contributed by atoms with Gasteiger partial charge in [0.25, 0.3) is 5.69 Å². The average molecular weight is 380 g/mol. The lowest BCUT2D eigenvalue weighted by atomic mass is 10.1. The summed E-state index contributed by atoms with van der Waals surface area (Å²) in [5, 5.41) is 13.4. The van der Waals surface area contributed by atoms with Crippen molar-refractivity contribution in [2.24, 2.45) is 0 Å². The number of nitro benzene ring substituents is 1. The van der Waals surface area contributed by atoms with Gasteiger partial charge in [-0.3, -0.25) is 14.9 Å². The predicted octanol–water partition coefficient (Wildman–Crippen LogP) is 4.50. The Bertz CT molecular complexity index is 879. The maximum atomic E-state index is 12.4. The largest absolute Gasteiger partial charge is 0.482 e. The van der Waals surface area contributed by atoms with E-state index in [1.165, 1.54) is 36.4 Å². The van der Waals surface area contributed by atoms with Gasteiger partial charge in [-0.05, 0) is 36.8 Å². The number of para-hydroxylation sites is 1. The highest BCUT2D eigenvalue weighted by Gasteiger charge is 2.29. The zero-order valence-electron chi connectivity index (χ0n) is 14.1. The zero-order chi connectivity index (χ0) is 20.0. The number of alkyl halides is 3. The van der Waals surface area contributed by atoms with Crippen LogP contribution in [0.2, 0.25) is 0 Å². The van der Waals surface area contributed by atoms with E-state index in [-0.39, 0.29) is 22.7 Å². The van der Waals surface area contributed by atoms with Gasteiger partial charge < -0.3 is 10.1 Å². The molecule has 0 bridgehead atoms. The van der Waals surface area contributed by atoms with Crippen LogP contribution < -0.4 is 10.1 Å². The minimum Gasteiger partial charge on any atom is -0.482 e. The fourth-order valence-corrected chi connectivity index (χ4v) is 2.15. The van der Waals surface area contributed by atoms with E-state index in [2.05, 4.69) is 5.32 Å². The van der Waals surface area contributed by atoms with Crippen LogP contribution >= 0.6 is 0 Å². The van der Waals surface area contributed by atoms with Crippen LogP contribution in [0.15, 0.2) is 48.5 Å². The molecule has 9 heteroatoms. The number of carbonyl (C=O) groups is 1. The molecule has 0 fully saturated rings. The molecule has 0 spiro atoms. The van der Waals surface area contributed by atoms with Gasteiger partial charge in [0.2, 0.25) is 5.91 Å². The standard InChI is InChI=1S/C18H15F3N2O4/c1-12-6-8-14(16(10-12)27-11-18(19,20)21)22-17(24)9-7-13-4-2-3-5-15(13)23(25)26/h2-10H,11H2,1H3,(H,22,24)/b9-7+. The number of nitro groups is 1. The van der Waals surface area contributed by atoms with Gasteiger partial charge in [-0.2, -0.15) is 13.2 Å². The first-order chi connectivity index (χ1) is 12.7. The molecule has 0 aliphatic heterocycles. The van der Waals surface area contributed by atoms with Crippen molar-refractivity contribution < 1.29 is 27.6 Å². The molecule has 0 saturated carbocycles. The van der Waals surface area contributed by atoms with E-state index >= 15 is 0 Å². The van der Waals surface area contributed by atoms with Crippen LogP contribution in [0, 0.1) is 17.0 Å². The summed E-state index contributed by atoms with van der Waals surface area (Å²) >= 11 is 0. The molecule has 0 heterocycles. The van der Waals surface area contributed by atoms with Crippen molar-refractivity contribution in [3.63, 3.8) is 0 Å². The second-order valence-corrected chi connectivity index (χ2v) is 5.54. The summed E-state index contributed by atoms with van der Waals surface area (Å²) < 4.78 is 41.9. The molecule has 0 radical (unpaired) electrons. The Hall–Kier alpha value is -3.36. The van der Waals surface area contributed by atoms with E-state index < -0.39 is 23.6 Å². The van der Waals surface area contributed by atoms with E-state index in [1.54, 1.807) is 19.1 Å². The summed E-state index contributed by atoms with van der Waals surface area (Å²) in [5.41, 5.74) is 0.754. The van der Waals surface area contributed by atoms with Gasteiger partial charge >= 0.3 is 6.18 Å². The maximum absolute atomic E-state index is 12.4. The number of halogens is 3. The van der Waals surface area contributed by atoms with Crippen molar-refractivity contribution in [2.45, 2.75) is 13.1 Å². The zero-order valence-corrected chi connectivity index (χ0v) is 14.1. The van der Waals surface area contributed by atoms with Crippen molar-refractivity contribution in [3.05, 3.63) is 69.8 Å². The van der Waals surface area contributed by atoms with Crippen LogP contribution in [0.5, 0.6) is 5.75 Å². The summed E-state index contributed by atoms with van der Waals surface area (Å²) in [5.74, 6) is -0.798. The van der Waals surface area contributed by atoms with E-state index in [9.17, 15) is 28.1 Å². The lowest BCUT2D eigenvalue weighted by Gasteiger charge is -2.14. The Balaban J connectivity index is 2.15. The second kappa shape index (κ2) is 8.35. The molecule has 0 aliphatic rings. The van der Waals surface area contributed by atoms with Gasteiger partial charge in [0.15, 0.2) is 6.61 Å². The molecule has 2 rings (SSSR count). The first-order valence-electron chi connectivity index (χ1n) is 7.68. The van der Waals surface area contributed by atoms with Gasteiger partial charge in [-0.1, -0.05) is 18.2 Å². The lowest BCUT2D eigenvalue weighted by molar-refractivity contribution is -0.385. The molecule has 1 N–H and O–H groups in total. The van der Waals surface area contributed by atoms with Gasteiger partial charge in [-0.25, -0.2) is 0 Å². The smallest absolute Gasteiger partial charge is 0.422 e. The molecule has 2 aromatic rings. The van der Waals surface area contributed by atoms with Crippen LogP contribution in [0.25, 0.3) is 6.08 Å². The summed E-state index contributed by atoms with van der Waals surface area (Å²) in [6.45, 7) is 0.172. The van der Waals surface area contributed by atoms with Crippen molar-refractivity contribution >= 4 is 23.4 Å². The number of ether oxygens (including phenoxy) is 1. The van der Waals surface area contributed by atoms with Crippen molar-refractivity contribution in [3.8, 4) is 5.75 Å². The lowest BCUT2D eigenvalue weighted by Crippen LogP contribution is -2.20. The Morgan fingerprint density at radius 1 is 1.26 bits per heavy atom. The number of carbonyl (C=O) groups excluding carboxylic acids is 1. The Kier molecular flexibility index (Phi) is 6.17. The van der Waals surface area contributed by atoms with Crippen molar-refractivity contribution in [2.75, 3.05) is 11.9 Å². The van der Waals surface area contributed by atoms with Crippen LogP contribution in [-0.4, -0.2) is 23.6 Å². The third-order valence-electron chi connectivity index (χ3n) is 3.33. The quantitative estimate of drug-likeness (QED) is 0.455. The first-order valence-corrected chi connectivity index (χ1v) is 7.68. The molecule has 6 nitrogen and oxygen atoms in total. The van der Waals surface area contributed by atoms with E-state index in [1.807, 2.05) is 0 Å². The molecule has 1 amide bonds. The Labute approximate surface area is 152 Å². The summed E-state index contributed by atoms with van der Waals surface area (Å²) in [4.78, 5) is 22.4. The molecule has 0 atom stereocenters. The second-order valence-electron chi connectivity index (χ2n) is 5.54. The number of rotatable bonds is 6. The SMILES string of the molecule is Cc1ccc(NC(=O)/C=C/c2ccccc2[N+](=O)[O-])c(OCC(F)(F)F)c1. The van der Waals surface area contributed by atoms with Gasteiger partial charge in [0.1, 0.15) is 5.75 Å². The van der Waals surface area contributed by atoms with Crippen LogP contribution in [0.1, 0.15) is 11.1 Å². The minimum atomic E-state index is -4.52. The molecule has 142 valence electrons. The first kappa shape index (κ1) is 20.0. The van der Waals surface area contributed by atoms with Gasteiger partial charge in [0.05, 0.1) is 16.2 Å². The van der Waals surface area contributed by atoms with E-state index in [0.29, 0.717) is 5.56 Å². The molecule has 27 heavy (non-hydrogen) atoms. The Morgan fingerprint density at radius 2 is 1.96 bits per heavy atom. The van der Waals surface area contributed by atoms with Crippen LogP contribution in [0.4, 0.5) is 24.5 Å². The molecular weight excluding hydrogens is 365 g/mol. The van der Waals surface area contributed by atoms with Crippen molar-refractivity contribution in [1.29, 1.82) is 0 Å². The number of benzene rings is 2. The summed E-state index contributed by atoms with van der Waals surface area (Å²) in [6.07, 6.45) is -2.22. The average Bonchev–Trinajstić information content (AvgIpc) is 2.59. The number of nitrogens with zero attached hydrogens (tertiary/aromatic N) is 1. The molecule has 0 saturated heterocycles. The van der Waals surface area contributed by atoms with Crippen LogP contribution in [0.3, 0.4) is 0 Å². The predicted molar refractivity (Wildman–Crippen MR) is 93.5 cm³/mol. The number of hydrogen-bond acceptors (Lipinski definition) is 4. The third kappa shape index (κ3) is 6.14. The van der Waals surface area contributed by atoms with Gasteiger partial charge in [0, 0.05) is 12.1 Å². The monoisotopic (exact) mass is 380 g/mol. The fourth-order valence-electron chi connectivity index (χ4n) is 2.15. The third-order valence-corrected chi connectivity index (χ3v) is 3.33. The minimum absolute atomic E-state index is 0.0575. The van der Waals surface area contributed by atoms with E-state index in [0.717, 1.165) is 6.08 Å². The molecule has 0 aliphatic carbocycles.